The van der Waals surface area contributed by atoms with E-state index in [4.69, 9.17) is 5.73 Å². The lowest BCUT2D eigenvalue weighted by Gasteiger charge is -2.30. The molecule has 0 aromatic rings. The zero-order valence-corrected chi connectivity index (χ0v) is 7.57. The second-order valence-electron chi connectivity index (χ2n) is 3.59. The van der Waals surface area contributed by atoms with Crippen LogP contribution in [0.2, 0.25) is 0 Å². The Hall–Kier alpha value is -0.0800. The van der Waals surface area contributed by atoms with Gasteiger partial charge in [-0.1, -0.05) is 13.8 Å². The summed E-state index contributed by atoms with van der Waals surface area (Å²) in [6, 6.07) is 0. The van der Waals surface area contributed by atoms with E-state index < -0.39 is 0 Å². The molecule has 0 aliphatic heterocycles. The Labute approximate surface area is 64.2 Å². The van der Waals surface area contributed by atoms with Gasteiger partial charge in [0.1, 0.15) is 0 Å². The van der Waals surface area contributed by atoms with Crippen LogP contribution < -0.4 is 11.1 Å². The van der Waals surface area contributed by atoms with Crippen LogP contribution in [0.3, 0.4) is 0 Å². The number of nitrogens with one attached hydrogen (secondary N) is 1. The van der Waals surface area contributed by atoms with E-state index in [-0.39, 0.29) is 5.54 Å². The van der Waals surface area contributed by atoms with Crippen LogP contribution in [0.15, 0.2) is 0 Å². The van der Waals surface area contributed by atoms with E-state index in [0.717, 1.165) is 13.1 Å². The van der Waals surface area contributed by atoms with E-state index >= 15 is 0 Å². The molecule has 0 radical (unpaired) electrons. The molecule has 0 amide bonds. The molecule has 0 aromatic carbocycles. The average Bonchev–Trinajstić information content (AvgIpc) is 1.84. The van der Waals surface area contributed by atoms with Gasteiger partial charge in [-0.05, 0) is 19.8 Å². The van der Waals surface area contributed by atoms with E-state index in [2.05, 4.69) is 33.0 Å². The minimum atomic E-state index is 0.222. The molecule has 0 spiro atoms. The van der Waals surface area contributed by atoms with Crippen LogP contribution in [0.4, 0.5) is 0 Å². The third-order valence-electron chi connectivity index (χ3n) is 2.17. The number of rotatable bonds is 4. The van der Waals surface area contributed by atoms with Gasteiger partial charge in [0.25, 0.3) is 0 Å². The lowest BCUT2D eigenvalue weighted by atomic mass is 9.91. The zero-order valence-electron chi connectivity index (χ0n) is 7.57. The maximum absolute atomic E-state index is 5.37. The summed E-state index contributed by atoms with van der Waals surface area (Å²) in [4.78, 5) is 0. The Morgan fingerprint density at radius 2 is 1.90 bits per heavy atom. The number of hydrogen-bond acceptors (Lipinski definition) is 2. The summed E-state index contributed by atoms with van der Waals surface area (Å²) in [7, 11) is 0. The van der Waals surface area contributed by atoms with Crippen LogP contribution in [-0.4, -0.2) is 18.6 Å². The fourth-order valence-electron chi connectivity index (χ4n) is 0.598. The van der Waals surface area contributed by atoms with Crippen molar-refractivity contribution in [3.8, 4) is 0 Å². The summed E-state index contributed by atoms with van der Waals surface area (Å²) in [6.07, 6.45) is 0. The van der Waals surface area contributed by atoms with Gasteiger partial charge in [0.15, 0.2) is 0 Å². The Kier molecular flexibility index (Phi) is 3.91. The van der Waals surface area contributed by atoms with Crippen LogP contribution in [-0.2, 0) is 0 Å². The van der Waals surface area contributed by atoms with Crippen molar-refractivity contribution in [1.82, 2.24) is 5.32 Å². The quantitative estimate of drug-likeness (QED) is 0.617. The second-order valence-corrected chi connectivity index (χ2v) is 3.59. The van der Waals surface area contributed by atoms with Gasteiger partial charge in [-0.3, -0.25) is 0 Å². The first kappa shape index (κ1) is 9.92. The summed E-state index contributed by atoms with van der Waals surface area (Å²) in [5.74, 6) is 0.652. The van der Waals surface area contributed by atoms with Gasteiger partial charge < -0.3 is 11.1 Å². The molecule has 0 heterocycles. The highest BCUT2D eigenvalue weighted by Gasteiger charge is 2.19. The molecule has 0 fully saturated rings. The normalized spacial score (nSPS) is 12.6. The smallest absolute Gasteiger partial charge is 0.0148 e. The lowest BCUT2D eigenvalue weighted by molar-refractivity contribution is 0.292. The van der Waals surface area contributed by atoms with Gasteiger partial charge >= 0.3 is 0 Å². The van der Waals surface area contributed by atoms with E-state index in [9.17, 15) is 0 Å². The third kappa shape index (κ3) is 3.18. The molecule has 0 saturated heterocycles. The predicted octanol–water partition coefficient (Wildman–Crippen LogP) is 0.969. The van der Waals surface area contributed by atoms with E-state index in [1.54, 1.807) is 0 Å². The Morgan fingerprint density at radius 3 is 2.20 bits per heavy atom. The van der Waals surface area contributed by atoms with Gasteiger partial charge in [0.05, 0.1) is 0 Å². The molecule has 2 heteroatoms. The van der Waals surface area contributed by atoms with Crippen LogP contribution in [0.1, 0.15) is 27.7 Å². The van der Waals surface area contributed by atoms with Crippen LogP contribution in [0.5, 0.6) is 0 Å². The highest BCUT2D eigenvalue weighted by molar-refractivity contribution is 4.80. The third-order valence-corrected chi connectivity index (χ3v) is 2.17. The Morgan fingerprint density at radius 1 is 1.40 bits per heavy atom. The Bertz CT molecular complexity index is 87.3. The van der Waals surface area contributed by atoms with Gasteiger partial charge in [-0.15, -0.1) is 0 Å². The van der Waals surface area contributed by atoms with E-state index in [1.165, 1.54) is 0 Å². The summed E-state index contributed by atoms with van der Waals surface area (Å²) in [5, 5.41) is 3.38. The Balaban J connectivity index is 3.63. The van der Waals surface area contributed by atoms with Gasteiger partial charge in [-0.25, -0.2) is 0 Å². The first-order valence-corrected chi connectivity index (χ1v) is 3.96. The van der Waals surface area contributed by atoms with Crippen molar-refractivity contribution < 1.29 is 0 Å². The fraction of sp³-hybridized carbons (Fsp3) is 1.00. The molecule has 0 aliphatic rings. The topological polar surface area (TPSA) is 38.0 Å². The molecule has 0 bridgehead atoms. The molecule has 0 rings (SSSR count). The summed E-state index contributed by atoms with van der Waals surface area (Å²) in [5.41, 5.74) is 5.59. The zero-order chi connectivity index (χ0) is 8.20. The molecule has 3 N–H and O–H groups in total. The molecule has 0 aliphatic carbocycles. The fourth-order valence-corrected chi connectivity index (χ4v) is 0.598. The minimum Gasteiger partial charge on any atom is -0.329 e. The second kappa shape index (κ2) is 3.94. The molecule has 0 saturated carbocycles. The number of hydrogen-bond donors (Lipinski definition) is 2. The van der Waals surface area contributed by atoms with Crippen molar-refractivity contribution in [1.29, 1.82) is 0 Å². The highest BCUT2D eigenvalue weighted by atomic mass is 15.0. The molecule has 2 nitrogen and oxygen atoms in total. The number of nitrogens with two attached hydrogens (primary N) is 1. The largest absolute Gasteiger partial charge is 0.329 e. The monoisotopic (exact) mass is 144 g/mol. The maximum atomic E-state index is 5.37. The molecule has 0 unspecified atom stereocenters. The summed E-state index contributed by atoms with van der Waals surface area (Å²) >= 11 is 0. The van der Waals surface area contributed by atoms with Crippen LogP contribution in [0.25, 0.3) is 0 Å². The van der Waals surface area contributed by atoms with Crippen molar-refractivity contribution in [3.63, 3.8) is 0 Å². The predicted molar refractivity (Wildman–Crippen MR) is 46.0 cm³/mol. The first-order chi connectivity index (χ1) is 4.50. The molecular formula is C8H20N2. The van der Waals surface area contributed by atoms with Crippen molar-refractivity contribution in [2.45, 2.75) is 33.2 Å². The van der Waals surface area contributed by atoms with Crippen molar-refractivity contribution in [3.05, 3.63) is 0 Å². The SMILES string of the molecule is CC(C)C(C)(C)NCCN. The van der Waals surface area contributed by atoms with Crippen molar-refractivity contribution in [2.75, 3.05) is 13.1 Å². The van der Waals surface area contributed by atoms with Gasteiger partial charge in [-0.2, -0.15) is 0 Å². The van der Waals surface area contributed by atoms with Gasteiger partial charge in [0.2, 0.25) is 0 Å². The molecule has 0 atom stereocenters. The average molecular weight is 144 g/mol. The molecule has 0 aromatic heterocycles. The highest BCUT2D eigenvalue weighted by Crippen LogP contribution is 2.13. The van der Waals surface area contributed by atoms with Crippen molar-refractivity contribution in [2.24, 2.45) is 11.7 Å². The van der Waals surface area contributed by atoms with Gasteiger partial charge in [0, 0.05) is 18.6 Å². The van der Waals surface area contributed by atoms with Crippen LogP contribution >= 0.6 is 0 Å². The lowest BCUT2D eigenvalue weighted by Crippen LogP contribution is -2.45. The molecule has 10 heavy (non-hydrogen) atoms. The minimum absolute atomic E-state index is 0.222. The molecular weight excluding hydrogens is 124 g/mol. The van der Waals surface area contributed by atoms with Crippen LogP contribution in [0, 0.1) is 5.92 Å². The van der Waals surface area contributed by atoms with E-state index in [0.29, 0.717) is 5.92 Å². The summed E-state index contributed by atoms with van der Waals surface area (Å²) < 4.78 is 0. The van der Waals surface area contributed by atoms with E-state index in [1.807, 2.05) is 0 Å². The molecule has 62 valence electrons. The maximum Gasteiger partial charge on any atom is 0.0148 e. The first-order valence-electron chi connectivity index (χ1n) is 3.96. The van der Waals surface area contributed by atoms with Crippen molar-refractivity contribution >= 4 is 0 Å². The standard InChI is InChI=1S/C8H20N2/c1-7(2)8(3,4)10-6-5-9/h7,10H,5-6,9H2,1-4H3. The summed E-state index contributed by atoms with van der Waals surface area (Å²) in [6.45, 7) is 10.5.